The van der Waals surface area contributed by atoms with E-state index < -0.39 is 6.04 Å². The molecule has 148 valence electrons. The van der Waals surface area contributed by atoms with E-state index in [2.05, 4.69) is 15.9 Å². The molecule has 0 bridgehead atoms. The molecule has 29 heavy (non-hydrogen) atoms. The number of carbonyl (C=O) groups excluding carboxylic acids is 1. The normalized spacial score (nSPS) is 21.2. The molecule has 5 rings (SSSR count). The Morgan fingerprint density at radius 1 is 1.14 bits per heavy atom. The second kappa shape index (κ2) is 7.11. The molecule has 6 heteroatoms. The van der Waals surface area contributed by atoms with Crippen molar-refractivity contribution in [1.29, 1.82) is 0 Å². The van der Waals surface area contributed by atoms with Crippen LogP contribution in [0.4, 0.5) is 0 Å². The predicted octanol–water partition coefficient (Wildman–Crippen LogP) is 4.59. The van der Waals surface area contributed by atoms with Crippen LogP contribution in [0.3, 0.4) is 0 Å². The molecular formula is C23H20BrNO4. The van der Waals surface area contributed by atoms with Crippen LogP contribution in [0.2, 0.25) is 0 Å². The van der Waals surface area contributed by atoms with Crippen molar-refractivity contribution in [1.82, 2.24) is 4.90 Å². The second-order valence-electron chi connectivity index (χ2n) is 7.72. The molecule has 3 heterocycles. The van der Waals surface area contributed by atoms with Crippen LogP contribution in [0, 0.1) is 6.92 Å². The fourth-order valence-electron chi connectivity index (χ4n) is 4.28. The number of halogens is 1. The summed E-state index contributed by atoms with van der Waals surface area (Å²) in [6.07, 6.45) is 1.89. The number of rotatable bonds is 3. The Morgan fingerprint density at radius 2 is 1.93 bits per heavy atom. The topological polar surface area (TPSA) is 59.8 Å². The summed E-state index contributed by atoms with van der Waals surface area (Å²) in [5, 5.41) is 0.474. The third-order valence-corrected chi connectivity index (χ3v) is 6.24. The van der Waals surface area contributed by atoms with Crippen LogP contribution < -0.4 is 5.43 Å². The van der Waals surface area contributed by atoms with Crippen molar-refractivity contribution < 1.29 is 13.9 Å². The molecule has 2 atom stereocenters. The molecule has 1 fully saturated rings. The van der Waals surface area contributed by atoms with Gasteiger partial charge in [-0.2, -0.15) is 0 Å². The Bertz CT molecular complexity index is 1160. The third-order valence-electron chi connectivity index (χ3n) is 5.75. The van der Waals surface area contributed by atoms with E-state index >= 15 is 0 Å². The van der Waals surface area contributed by atoms with Crippen LogP contribution in [0.5, 0.6) is 0 Å². The highest BCUT2D eigenvalue weighted by molar-refractivity contribution is 9.10. The first kappa shape index (κ1) is 18.6. The van der Waals surface area contributed by atoms with Gasteiger partial charge in [-0.15, -0.1) is 0 Å². The highest BCUT2D eigenvalue weighted by Crippen LogP contribution is 2.39. The molecule has 0 aliphatic carbocycles. The standard InChI is InChI=1S/C23H20BrNO4/c1-13-4-6-14(7-5-13)20-19-21(26)17-11-15(24)8-9-18(17)29-22(19)23(27)25(20)12-16-3-2-10-28-16/h4-9,11,16,20H,2-3,10,12H2,1H3. The van der Waals surface area contributed by atoms with E-state index in [1.54, 1.807) is 23.1 Å². The van der Waals surface area contributed by atoms with Crippen LogP contribution in [0.1, 0.15) is 46.1 Å². The predicted molar refractivity (Wildman–Crippen MR) is 113 cm³/mol. The zero-order chi connectivity index (χ0) is 20.1. The van der Waals surface area contributed by atoms with Gasteiger partial charge in [0.25, 0.3) is 5.91 Å². The lowest BCUT2D eigenvalue weighted by atomic mass is 9.97. The molecule has 2 unspecified atom stereocenters. The Morgan fingerprint density at radius 3 is 2.66 bits per heavy atom. The van der Waals surface area contributed by atoms with Gasteiger partial charge < -0.3 is 14.1 Å². The number of hydrogen-bond acceptors (Lipinski definition) is 4. The number of amides is 1. The summed E-state index contributed by atoms with van der Waals surface area (Å²) in [7, 11) is 0. The number of aryl methyl sites for hydroxylation is 1. The molecule has 1 saturated heterocycles. The zero-order valence-corrected chi connectivity index (χ0v) is 17.6. The smallest absolute Gasteiger partial charge is 0.291 e. The fourth-order valence-corrected chi connectivity index (χ4v) is 4.64. The summed E-state index contributed by atoms with van der Waals surface area (Å²) < 4.78 is 12.5. The van der Waals surface area contributed by atoms with Crippen molar-refractivity contribution in [3.8, 4) is 0 Å². The molecule has 1 aromatic heterocycles. The van der Waals surface area contributed by atoms with Crippen LogP contribution in [0.15, 0.2) is 56.1 Å². The maximum atomic E-state index is 13.5. The molecule has 2 aromatic carbocycles. The van der Waals surface area contributed by atoms with Gasteiger partial charge in [-0.1, -0.05) is 45.8 Å². The lowest BCUT2D eigenvalue weighted by Crippen LogP contribution is -2.36. The van der Waals surface area contributed by atoms with Gasteiger partial charge in [0.1, 0.15) is 5.58 Å². The lowest BCUT2D eigenvalue weighted by Gasteiger charge is -2.27. The highest BCUT2D eigenvalue weighted by Gasteiger charge is 2.43. The van der Waals surface area contributed by atoms with Gasteiger partial charge in [0.15, 0.2) is 5.43 Å². The van der Waals surface area contributed by atoms with Gasteiger partial charge in [0.2, 0.25) is 5.76 Å². The lowest BCUT2D eigenvalue weighted by molar-refractivity contribution is 0.0486. The van der Waals surface area contributed by atoms with Gasteiger partial charge in [-0.25, -0.2) is 0 Å². The molecule has 2 aliphatic rings. The van der Waals surface area contributed by atoms with E-state index in [0.717, 1.165) is 28.4 Å². The molecular weight excluding hydrogens is 434 g/mol. The minimum atomic E-state index is -0.470. The Labute approximate surface area is 176 Å². The van der Waals surface area contributed by atoms with Crippen LogP contribution >= 0.6 is 15.9 Å². The maximum Gasteiger partial charge on any atom is 0.291 e. The zero-order valence-electron chi connectivity index (χ0n) is 16.0. The number of carbonyl (C=O) groups is 1. The molecule has 5 nitrogen and oxygen atoms in total. The van der Waals surface area contributed by atoms with E-state index in [-0.39, 0.29) is 23.2 Å². The quantitative estimate of drug-likeness (QED) is 0.581. The number of fused-ring (bicyclic) bond motifs is 2. The SMILES string of the molecule is Cc1ccc(C2c3c(oc4ccc(Br)cc4c3=O)C(=O)N2CC2CCCO2)cc1. The van der Waals surface area contributed by atoms with E-state index in [4.69, 9.17) is 9.15 Å². The van der Waals surface area contributed by atoms with Gasteiger partial charge in [-0.3, -0.25) is 9.59 Å². The molecule has 2 aliphatic heterocycles. The maximum absolute atomic E-state index is 13.5. The summed E-state index contributed by atoms with van der Waals surface area (Å²) in [6.45, 7) is 3.17. The third kappa shape index (κ3) is 3.11. The number of hydrogen-bond donors (Lipinski definition) is 0. The summed E-state index contributed by atoms with van der Waals surface area (Å²) in [5.41, 5.74) is 2.71. The largest absolute Gasteiger partial charge is 0.450 e. The van der Waals surface area contributed by atoms with Crippen molar-refractivity contribution in [2.24, 2.45) is 0 Å². The summed E-state index contributed by atoms with van der Waals surface area (Å²) in [5.74, 6) is -0.101. The average molecular weight is 454 g/mol. The monoisotopic (exact) mass is 453 g/mol. The van der Waals surface area contributed by atoms with E-state index in [1.807, 2.05) is 31.2 Å². The fraction of sp³-hybridized carbons (Fsp3) is 0.304. The minimum Gasteiger partial charge on any atom is -0.450 e. The summed E-state index contributed by atoms with van der Waals surface area (Å²) in [4.78, 5) is 28.5. The van der Waals surface area contributed by atoms with Crippen LogP contribution in [-0.4, -0.2) is 30.1 Å². The molecule has 1 amide bonds. The molecule has 0 N–H and O–H groups in total. The molecule has 3 aromatic rings. The average Bonchev–Trinajstić information content (AvgIpc) is 3.32. The van der Waals surface area contributed by atoms with E-state index in [9.17, 15) is 9.59 Å². The van der Waals surface area contributed by atoms with Gasteiger partial charge in [0.05, 0.1) is 23.1 Å². The van der Waals surface area contributed by atoms with E-state index in [1.165, 1.54) is 0 Å². The second-order valence-corrected chi connectivity index (χ2v) is 8.64. The summed E-state index contributed by atoms with van der Waals surface area (Å²) >= 11 is 3.42. The van der Waals surface area contributed by atoms with Crippen molar-refractivity contribution in [3.63, 3.8) is 0 Å². The van der Waals surface area contributed by atoms with Crippen LogP contribution in [-0.2, 0) is 4.74 Å². The first-order valence-electron chi connectivity index (χ1n) is 9.78. The minimum absolute atomic E-state index is 0.0140. The summed E-state index contributed by atoms with van der Waals surface area (Å²) in [6, 6.07) is 12.8. The van der Waals surface area contributed by atoms with Crippen molar-refractivity contribution in [2.45, 2.75) is 31.9 Å². The number of nitrogens with zero attached hydrogens (tertiary/aromatic N) is 1. The van der Waals surface area contributed by atoms with Crippen molar-refractivity contribution in [3.05, 3.63) is 79.6 Å². The van der Waals surface area contributed by atoms with Gasteiger partial charge >= 0.3 is 0 Å². The molecule has 0 spiro atoms. The Balaban J connectivity index is 1.71. The molecule has 0 saturated carbocycles. The van der Waals surface area contributed by atoms with Gasteiger partial charge in [0, 0.05) is 17.6 Å². The Kier molecular flexibility index (Phi) is 4.56. The first-order valence-corrected chi connectivity index (χ1v) is 10.6. The Hall–Kier alpha value is -2.44. The molecule has 0 radical (unpaired) electrons. The van der Waals surface area contributed by atoms with E-state index in [0.29, 0.717) is 29.7 Å². The number of ether oxygens (including phenoxy) is 1. The van der Waals surface area contributed by atoms with Crippen LogP contribution in [0.25, 0.3) is 11.0 Å². The van der Waals surface area contributed by atoms with Gasteiger partial charge in [-0.05, 0) is 43.5 Å². The van der Waals surface area contributed by atoms with Crippen molar-refractivity contribution in [2.75, 3.05) is 13.2 Å². The van der Waals surface area contributed by atoms with Crippen molar-refractivity contribution >= 4 is 32.8 Å². The highest BCUT2D eigenvalue weighted by atomic mass is 79.9. The number of benzene rings is 2. The first-order chi connectivity index (χ1) is 14.0.